The molecule has 0 amide bonds. The van der Waals surface area contributed by atoms with Gasteiger partial charge in [-0.2, -0.15) is 0 Å². The first-order valence-electron chi connectivity index (χ1n) is 10.7. The van der Waals surface area contributed by atoms with Gasteiger partial charge in [0.25, 0.3) is 0 Å². The summed E-state index contributed by atoms with van der Waals surface area (Å²) in [6.45, 7) is 1.04. The Bertz CT molecular complexity index is 1330. The molecule has 1 fully saturated rings. The SMILES string of the molecule is Cc1cc(O)c2c(c1)C(=O)c1c(c(O[C@H]3O[C@H](CO)[C@@H](O)[C@H](O)[C@H]3O)cc3ccccc13)C2=O. The summed E-state index contributed by atoms with van der Waals surface area (Å²) >= 11 is 0. The van der Waals surface area contributed by atoms with E-state index in [1.54, 1.807) is 31.2 Å². The highest BCUT2D eigenvalue weighted by Gasteiger charge is 2.46. The minimum atomic E-state index is -1.71. The second-order valence-corrected chi connectivity index (χ2v) is 8.53. The van der Waals surface area contributed by atoms with Crippen LogP contribution in [-0.4, -0.2) is 74.4 Å². The average molecular weight is 466 g/mol. The van der Waals surface area contributed by atoms with E-state index in [4.69, 9.17) is 9.47 Å². The minimum absolute atomic E-state index is 0.0742. The van der Waals surface area contributed by atoms with Gasteiger partial charge in [-0.15, -0.1) is 0 Å². The summed E-state index contributed by atoms with van der Waals surface area (Å²) < 4.78 is 11.2. The number of rotatable bonds is 3. The number of phenols is 1. The molecule has 5 rings (SSSR count). The Balaban J connectivity index is 1.70. The maximum absolute atomic E-state index is 13.6. The normalized spacial score (nSPS) is 26.3. The third kappa shape index (κ3) is 3.29. The van der Waals surface area contributed by atoms with E-state index in [0.717, 1.165) is 0 Å². The first kappa shape index (κ1) is 22.5. The molecule has 0 aromatic heterocycles. The zero-order valence-corrected chi connectivity index (χ0v) is 18.0. The van der Waals surface area contributed by atoms with E-state index in [-0.39, 0.29) is 33.8 Å². The van der Waals surface area contributed by atoms with Crippen molar-refractivity contribution in [1.82, 2.24) is 0 Å². The van der Waals surface area contributed by atoms with Crippen molar-refractivity contribution < 1.29 is 44.6 Å². The average Bonchev–Trinajstić information content (AvgIpc) is 2.81. The number of carbonyl (C=O) groups is 2. The topological polar surface area (TPSA) is 154 Å². The first-order valence-corrected chi connectivity index (χ1v) is 10.7. The molecule has 1 aliphatic carbocycles. The molecule has 0 saturated carbocycles. The van der Waals surface area contributed by atoms with Gasteiger partial charge in [0.1, 0.15) is 35.9 Å². The number of phenolic OH excluding ortho intramolecular Hbond substituents is 1. The van der Waals surface area contributed by atoms with Gasteiger partial charge in [-0.1, -0.05) is 24.3 Å². The van der Waals surface area contributed by atoms with Gasteiger partial charge in [-0.3, -0.25) is 9.59 Å². The lowest BCUT2D eigenvalue weighted by molar-refractivity contribution is -0.277. The Morgan fingerprint density at radius 2 is 1.65 bits per heavy atom. The number of aliphatic hydroxyl groups excluding tert-OH is 4. The molecule has 0 unspecified atom stereocenters. The number of aliphatic hydroxyl groups is 4. The van der Waals surface area contributed by atoms with E-state index >= 15 is 0 Å². The molecule has 3 aromatic carbocycles. The summed E-state index contributed by atoms with van der Waals surface area (Å²) in [6, 6.07) is 11.3. The van der Waals surface area contributed by atoms with Crippen molar-refractivity contribution in [3.8, 4) is 11.5 Å². The number of carbonyl (C=O) groups excluding carboxylic acids is 2. The molecule has 34 heavy (non-hydrogen) atoms. The Labute approximate surface area is 193 Å². The molecule has 176 valence electrons. The third-order valence-corrected chi connectivity index (χ3v) is 6.29. The number of fused-ring (bicyclic) bond motifs is 4. The number of hydrogen-bond donors (Lipinski definition) is 5. The number of aromatic hydroxyl groups is 1. The van der Waals surface area contributed by atoms with Crippen LogP contribution in [0.5, 0.6) is 11.5 Å². The van der Waals surface area contributed by atoms with Crippen LogP contribution < -0.4 is 4.74 Å². The van der Waals surface area contributed by atoms with E-state index < -0.39 is 48.9 Å². The summed E-state index contributed by atoms with van der Waals surface area (Å²) in [4.78, 5) is 27.2. The van der Waals surface area contributed by atoms with Gasteiger partial charge in [0.05, 0.1) is 17.7 Å². The number of aryl methyl sites for hydroxylation is 1. The standard InChI is InChI=1S/C25H22O9/c1-10-6-13-17(14(27)7-10)22(30)19-15(8-11-4-2-3-5-12(11)18(19)20(13)28)33-25-24(32)23(31)21(29)16(9-26)34-25/h2-8,16,21,23-27,29,31-32H,9H2,1H3/t16-,21-,23+,24-,25+/m1/s1. The summed E-state index contributed by atoms with van der Waals surface area (Å²) in [5, 5.41) is 51.6. The van der Waals surface area contributed by atoms with Crippen LogP contribution in [-0.2, 0) is 4.74 Å². The van der Waals surface area contributed by atoms with E-state index in [2.05, 4.69) is 0 Å². The van der Waals surface area contributed by atoms with Crippen molar-refractivity contribution >= 4 is 22.3 Å². The summed E-state index contributed by atoms with van der Waals surface area (Å²) in [5.41, 5.74) is 0.494. The van der Waals surface area contributed by atoms with Gasteiger partial charge < -0.3 is 35.0 Å². The van der Waals surface area contributed by atoms with Crippen LogP contribution in [0.3, 0.4) is 0 Å². The molecule has 1 aliphatic heterocycles. The Morgan fingerprint density at radius 1 is 0.912 bits per heavy atom. The van der Waals surface area contributed by atoms with Crippen molar-refractivity contribution in [2.75, 3.05) is 6.61 Å². The largest absolute Gasteiger partial charge is 0.507 e. The molecule has 1 saturated heterocycles. The fraction of sp³-hybridized carbons (Fsp3) is 0.280. The van der Waals surface area contributed by atoms with Crippen LogP contribution in [0.2, 0.25) is 0 Å². The maximum atomic E-state index is 13.6. The lowest BCUT2D eigenvalue weighted by atomic mass is 9.80. The molecule has 5 atom stereocenters. The highest BCUT2D eigenvalue weighted by atomic mass is 16.7. The summed E-state index contributed by atoms with van der Waals surface area (Å²) in [6.07, 6.45) is -7.75. The molecular formula is C25H22O9. The van der Waals surface area contributed by atoms with Gasteiger partial charge in [0.15, 0.2) is 5.78 Å². The van der Waals surface area contributed by atoms with Crippen LogP contribution >= 0.6 is 0 Å². The molecule has 2 aliphatic rings. The zero-order chi connectivity index (χ0) is 24.3. The van der Waals surface area contributed by atoms with E-state index in [1.165, 1.54) is 18.2 Å². The fourth-order valence-corrected chi connectivity index (χ4v) is 4.61. The lowest BCUT2D eigenvalue weighted by Gasteiger charge is -2.40. The second-order valence-electron chi connectivity index (χ2n) is 8.53. The number of benzene rings is 3. The monoisotopic (exact) mass is 466 g/mol. The van der Waals surface area contributed by atoms with Crippen molar-refractivity contribution in [3.05, 3.63) is 70.3 Å². The van der Waals surface area contributed by atoms with Gasteiger partial charge in [0.2, 0.25) is 12.1 Å². The zero-order valence-electron chi connectivity index (χ0n) is 18.0. The van der Waals surface area contributed by atoms with Crippen LogP contribution in [0.1, 0.15) is 37.4 Å². The molecule has 5 N–H and O–H groups in total. The number of ether oxygens (including phenoxy) is 2. The van der Waals surface area contributed by atoms with Crippen LogP contribution in [0.15, 0.2) is 42.5 Å². The van der Waals surface area contributed by atoms with Crippen molar-refractivity contribution in [1.29, 1.82) is 0 Å². The van der Waals surface area contributed by atoms with Gasteiger partial charge in [-0.05, 0) is 41.5 Å². The number of ketones is 2. The summed E-state index contributed by atoms with van der Waals surface area (Å²) in [7, 11) is 0. The van der Waals surface area contributed by atoms with Crippen molar-refractivity contribution in [2.24, 2.45) is 0 Å². The number of hydrogen-bond acceptors (Lipinski definition) is 9. The van der Waals surface area contributed by atoms with Crippen LogP contribution in [0.4, 0.5) is 0 Å². The van der Waals surface area contributed by atoms with E-state index in [9.17, 15) is 35.1 Å². The van der Waals surface area contributed by atoms with Gasteiger partial charge in [-0.25, -0.2) is 0 Å². The molecule has 9 heteroatoms. The highest BCUT2D eigenvalue weighted by Crippen LogP contribution is 2.42. The second kappa shape index (κ2) is 8.15. The molecule has 1 heterocycles. The molecule has 0 bridgehead atoms. The van der Waals surface area contributed by atoms with Crippen LogP contribution in [0, 0.1) is 6.92 Å². The Kier molecular flexibility index (Phi) is 5.38. The molecule has 9 nitrogen and oxygen atoms in total. The smallest absolute Gasteiger partial charge is 0.229 e. The fourth-order valence-electron chi connectivity index (χ4n) is 4.61. The molecule has 0 spiro atoms. The predicted octanol–water partition coefficient (Wildman–Crippen LogP) is 0.808. The van der Waals surface area contributed by atoms with Crippen molar-refractivity contribution in [2.45, 2.75) is 37.6 Å². The Hall–Kier alpha value is -3.34. The Morgan fingerprint density at radius 3 is 2.38 bits per heavy atom. The molecule has 3 aromatic rings. The van der Waals surface area contributed by atoms with E-state index in [0.29, 0.717) is 16.3 Å². The highest BCUT2D eigenvalue weighted by molar-refractivity contribution is 6.33. The summed E-state index contributed by atoms with van der Waals surface area (Å²) in [5.74, 6) is -1.57. The van der Waals surface area contributed by atoms with Crippen molar-refractivity contribution in [3.63, 3.8) is 0 Å². The quantitative estimate of drug-likeness (QED) is 0.295. The lowest BCUT2D eigenvalue weighted by Crippen LogP contribution is -2.60. The van der Waals surface area contributed by atoms with Crippen LogP contribution in [0.25, 0.3) is 10.8 Å². The molecular weight excluding hydrogens is 444 g/mol. The minimum Gasteiger partial charge on any atom is -0.507 e. The van der Waals surface area contributed by atoms with Gasteiger partial charge >= 0.3 is 0 Å². The molecule has 0 radical (unpaired) electrons. The third-order valence-electron chi connectivity index (χ3n) is 6.29. The maximum Gasteiger partial charge on any atom is 0.229 e. The van der Waals surface area contributed by atoms with E-state index in [1.807, 2.05) is 0 Å². The van der Waals surface area contributed by atoms with Gasteiger partial charge in [0, 0.05) is 11.1 Å². The first-order chi connectivity index (χ1) is 16.2. The predicted molar refractivity (Wildman–Crippen MR) is 118 cm³/mol.